The van der Waals surface area contributed by atoms with Gasteiger partial charge in [0.15, 0.2) is 5.75 Å². The van der Waals surface area contributed by atoms with Gasteiger partial charge < -0.3 is 24.9 Å². The molecule has 0 aliphatic carbocycles. The molecule has 2 N–H and O–H groups in total. The van der Waals surface area contributed by atoms with Crippen molar-refractivity contribution in [1.82, 2.24) is 5.32 Å². The van der Waals surface area contributed by atoms with Crippen LogP contribution in [-0.4, -0.2) is 51.8 Å². The fourth-order valence-electron chi connectivity index (χ4n) is 3.76. The first-order chi connectivity index (χ1) is 18.8. The third-order valence-electron chi connectivity index (χ3n) is 5.84. The smallest absolute Gasteiger partial charge is 0.409 e. The number of ether oxygens (including phenoxy) is 3. The lowest BCUT2D eigenvalue weighted by Gasteiger charge is -2.23. The molecule has 1 amide bonds. The SMILES string of the molecule is CN(C(=O)Oc1c(/C(C=N)=C/NCCOC2CCCOC2)cc(C(F)(F)F)cc1C(F)(F)F)c1ccc(F)cc1. The molecule has 218 valence electrons. The van der Waals surface area contributed by atoms with Crippen LogP contribution < -0.4 is 15.0 Å². The first-order valence-electron chi connectivity index (χ1n) is 12.0. The molecule has 2 aromatic rings. The Morgan fingerprint density at radius 3 is 2.42 bits per heavy atom. The highest BCUT2D eigenvalue weighted by Crippen LogP contribution is 2.44. The molecule has 1 atom stereocenters. The topological polar surface area (TPSA) is 83.9 Å². The van der Waals surface area contributed by atoms with Crippen molar-refractivity contribution < 1.29 is 49.7 Å². The molecular weight excluding hydrogens is 551 g/mol. The van der Waals surface area contributed by atoms with Crippen molar-refractivity contribution in [2.45, 2.75) is 31.3 Å². The van der Waals surface area contributed by atoms with E-state index >= 15 is 0 Å². The highest BCUT2D eigenvalue weighted by Gasteiger charge is 2.41. The van der Waals surface area contributed by atoms with Crippen molar-refractivity contribution in [2.24, 2.45) is 0 Å². The van der Waals surface area contributed by atoms with Crippen molar-refractivity contribution in [2.75, 3.05) is 38.3 Å². The van der Waals surface area contributed by atoms with Gasteiger partial charge in [-0.05, 0) is 49.2 Å². The second kappa shape index (κ2) is 13.1. The Bertz CT molecular complexity index is 1210. The average Bonchev–Trinajstić information content (AvgIpc) is 2.90. The molecule has 1 aliphatic rings. The van der Waals surface area contributed by atoms with Crippen molar-refractivity contribution in [3.63, 3.8) is 0 Å². The van der Waals surface area contributed by atoms with Crippen molar-refractivity contribution in [1.29, 1.82) is 5.41 Å². The second-order valence-corrected chi connectivity index (χ2v) is 8.71. The largest absolute Gasteiger partial charge is 0.420 e. The van der Waals surface area contributed by atoms with E-state index in [2.05, 4.69) is 5.32 Å². The molecule has 3 rings (SSSR count). The van der Waals surface area contributed by atoms with E-state index in [0.717, 1.165) is 55.3 Å². The zero-order valence-electron chi connectivity index (χ0n) is 21.2. The zero-order chi connectivity index (χ0) is 29.5. The van der Waals surface area contributed by atoms with E-state index in [1.165, 1.54) is 0 Å². The van der Waals surface area contributed by atoms with Crippen molar-refractivity contribution in [3.8, 4) is 5.75 Å². The predicted octanol–water partition coefficient (Wildman–Crippen LogP) is 6.27. The Balaban J connectivity index is 1.95. The summed E-state index contributed by atoms with van der Waals surface area (Å²) in [4.78, 5) is 13.5. The highest BCUT2D eigenvalue weighted by molar-refractivity contribution is 6.10. The van der Waals surface area contributed by atoms with Gasteiger partial charge in [-0.3, -0.25) is 4.90 Å². The van der Waals surface area contributed by atoms with Gasteiger partial charge in [-0.1, -0.05) is 0 Å². The van der Waals surface area contributed by atoms with Gasteiger partial charge in [0.1, 0.15) is 5.82 Å². The van der Waals surface area contributed by atoms with Crippen LogP contribution >= 0.6 is 0 Å². The lowest BCUT2D eigenvalue weighted by molar-refractivity contribution is -0.143. The van der Waals surface area contributed by atoms with Gasteiger partial charge >= 0.3 is 18.4 Å². The molecule has 1 fully saturated rings. The van der Waals surface area contributed by atoms with Crippen molar-refractivity contribution >= 4 is 23.6 Å². The van der Waals surface area contributed by atoms with E-state index in [9.17, 15) is 35.5 Å². The summed E-state index contributed by atoms with van der Waals surface area (Å²) in [7, 11) is 1.12. The van der Waals surface area contributed by atoms with Crippen LogP contribution in [0.5, 0.6) is 5.75 Å². The highest BCUT2D eigenvalue weighted by atomic mass is 19.4. The summed E-state index contributed by atoms with van der Waals surface area (Å²) in [5.41, 5.74) is -4.71. The maximum absolute atomic E-state index is 14.0. The van der Waals surface area contributed by atoms with E-state index in [4.69, 9.17) is 19.6 Å². The van der Waals surface area contributed by atoms with E-state index in [1.807, 2.05) is 0 Å². The maximum Gasteiger partial charge on any atom is 0.420 e. The van der Waals surface area contributed by atoms with Gasteiger partial charge in [0.05, 0.1) is 30.4 Å². The van der Waals surface area contributed by atoms with Gasteiger partial charge in [-0.15, -0.1) is 0 Å². The van der Waals surface area contributed by atoms with Gasteiger partial charge in [0, 0.05) is 49.4 Å². The number of hydrogen-bond acceptors (Lipinski definition) is 6. The van der Waals surface area contributed by atoms with Crippen molar-refractivity contribution in [3.05, 3.63) is 65.1 Å². The second-order valence-electron chi connectivity index (χ2n) is 8.71. The molecular formula is C26H26F7N3O4. The van der Waals surface area contributed by atoms with Crippen LogP contribution in [0.15, 0.2) is 42.6 Å². The molecule has 40 heavy (non-hydrogen) atoms. The number of nitrogens with one attached hydrogen (secondary N) is 2. The molecule has 0 aromatic heterocycles. The quantitative estimate of drug-likeness (QED) is 0.209. The van der Waals surface area contributed by atoms with Crippen LogP contribution in [-0.2, 0) is 21.8 Å². The lowest BCUT2D eigenvalue weighted by Crippen LogP contribution is -2.30. The molecule has 1 aliphatic heterocycles. The summed E-state index contributed by atoms with van der Waals surface area (Å²) < 4.78 is 112. The normalized spacial score (nSPS) is 16.4. The minimum Gasteiger partial charge on any atom is -0.409 e. The monoisotopic (exact) mass is 577 g/mol. The number of halogens is 7. The van der Waals surface area contributed by atoms with Crippen LogP contribution in [0, 0.1) is 11.2 Å². The molecule has 0 bridgehead atoms. The van der Waals surface area contributed by atoms with E-state index in [-0.39, 0.29) is 31.0 Å². The minimum atomic E-state index is -5.36. The Labute approximate surface area is 225 Å². The fourth-order valence-corrected chi connectivity index (χ4v) is 3.76. The summed E-state index contributed by atoms with van der Waals surface area (Å²) in [5.74, 6) is -1.87. The van der Waals surface area contributed by atoms with Crippen LogP contribution in [0.3, 0.4) is 0 Å². The number of anilines is 1. The van der Waals surface area contributed by atoms with Gasteiger partial charge in [-0.25, -0.2) is 9.18 Å². The number of hydrogen-bond donors (Lipinski definition) is 2. The molecule has 1 heterocycles. The standard InChI is InChI=1S/C26H26F7N3O4/c1-36(19-6-4-18(27)5-7-19)24(37)40-23-21(11-17(25(28,29)30)12-22(23)26(31,32)33)16(13-34)14-35-8-10-39-20-3-2-9-38-15-20/h4-7,11-14,20,34-35H,2-3,8-10,15H2,1H3/b16-14+,34-13?. The van der Waals surface area contributed by atoms with E-state index in [1.54, 1.807) is 0 Å². The first-order valence-corrected chi connectivity index (χ1v) is 12.0. The number of rotatable bonds is 9. The summed E-state index contributed by atoms with van der Waals surface area (Å²) in [6, 6.07) is 4.50. The van der Waals surface area contributed by atoms with Crippen LogP contribution in [0.25, 0.3) is 5.57 Å². The predicted molar refractivity (Wildman–Crippen MR) is 132 cm³/mol. The Hall–Kier alpha value is -3.65. The summed E-state index contributed by atoms with van der Waals surface area (Å²) >= 11 is 0. The summed E-state index contributed by atoms with van der Waals surface area (Å²) in [5, 5.41) is 10.4. The third-order valence-corrected chi connectivity index (χ3v) is 5.84. The zero-order valence-corrected chi connectivity index (χ0v) is 21.2. The number of amides is 1. The molecule has 0 saturated carbocycles. The van der Waals surface area contributed by atoms with Gasteiger partial charge in [0.25, 0.3) is 0 Å². The van der Waals surface area contributed by atoms with Crippen LogP contribution in [0.4, 0.5) is 41.2 Å². The molecule has 0 radical (unpaired) electrons. The van der Waals surface area contributed by atoms with Crippen LogP contribution in [0.1, 0.15) is 29.5 Å². The molecule has 14 heteroatoms. The molecule has 7 nitrogen and oxygen atoms in total. The van der Waals surface area contributed by atoms with Crippen LogP contribution in [0.2, 0.25) is 0 Å². The maximum atomic E-state index is 14.0. The molecule has 0 spiro atoms. The minimum absolute atomic E-state index is 0.0428. The Morgan fingerprint density at radius 2 is 1.85 bits per heavy atom. The molecule has 1 unspecified atom stereocenters. The van der Waals surface area contributed by atoms with E-state index in [0.29, 0.717) is 25.5 Å². The number of allylic oxidation sites excluding steroid dienone is 1. The number of alkyl halides is 6. The lowest BCUT2D eigenvalue weighted by atomic mass is 9.98. The summed E-state index contributed by atoms with van der Waals surface area (Å²) in [6.07, 6.45) is -8.90. The molecule has 2 aromatic carbocycles. The number of carbonyl (C=O) groups excluding carboxylic acids is 1. The number of benzene rings is 2. The van der Waals surface area contributed by atoms with Gasteiger partial charge in [0.2, 0.25) is 0 Å². The average molecular weight is 577 g/mol. The fraction of sp³-hybridized carbons (Fsp3) is 0.385. The molecule has 1 saturated heterocycles. The Morgan fingerprint density at radius 1 is 1.15 bits per heavy atom. The number of nitrogens with zero attached hydrogens (tertiary/aromatic N) is 1. The van der Waals surface area contributed by atoms with Gasteiger partial charge in [-0.2, -0.15) is 26.3 Å². The Kier molecular flexibility index (Phi) is 10.1. The van der Waals surface area contributed by atoms with E-state index < -0.39 is 52.3 Å². The number of carbonyl (C=O) groups is 1. The summed E-state index contributed by atoms with van der Waals surface area (Å²) in [6.45, 7) is 1.30. The third kappa shape index (κ3) is 8.18. The first kappa shape index (κ1) is 30.9.